The van der Waals surface area contributed by atoms with Gasteiger partial charge in [0.1, 0.15) is 19.0 Å². The lowest BCUT2D eigenvalue weighted by Gasteiger charge is -2.21. The smallest absolute Gasteiger partial charge is 0.275 e. The summed E-state index contributed by atoms with van der Waals surface area (Å²) in [5, 5.41) is 11.1. The lowest BCUT2D eigenvalue weighted by molar-refractivity contribution is -0.385. The number of ether oxygens (including phenoxy) is 3. The fourth-order valence-electron chi connectivity index (χ4n) is 2.66. The summed E-state index contributed by atoms with van der Waals surface area (Å²) in [6, 6.07) is 5.95. The monoisotopic (exact) mass is 360 g/mol. The molecule has 0 fully saturated rings. The zero-order valence-corrected chi connectivity index (χ0v) is 13.1. The normalized spacial score (nSPS) is 12.8. The van der Waals surface area contributed by atoms with Crippen LogP contribution in [-0.4, -0.2) is 23.1 Å². The molecule has 4 rings (SSSR count). The number of hydrogen-bond acceptors (Lipinski definition) is 6. The number of rotatable bonds is 3. The summed E-state index contributed by atoms with van der Waals surface area (Å²) in [5.74, 6) is -2.22. The van der Waals surface area contributed by atoms with Gasteiger partial charge in [-0.3, -0.25) is 15.1 Å². The van der Waals surface area contributed by atoms with E-state index in [1.165, 1.54) is 12.3 Å². The molecule has 0 unspecified atom stereocenters. The average Bonchev–Trinajstić information content (AvgIpc) is 2.64. The van der Waals surface area contributed by atoms with Gasteiger partial charge in [-0.2, -0.15) is 0 Å². The molecule has 132 valence electrons. The summed E-state index contributed by atoms with van der Waals surface area (Å²) >= 11 is 0. The van der Waals surface area contributed by atoms with Crippen LogP contribution >= 0.6 is 0 Å². The van der Waals surface area contributed by atoms with Crippen LogP contribution in [0.15, 0.2) is 36.5 Å². The second-order valence-electron chi connectivity index (χ2n) is 5.39. The fourth-order valence-corrected chi connectivity index (χ4v) is 2.66. The summed E-state index contributed by atoms with van der Waals surface area (Å²) in [4.78, 5) is 14.0. The van der Waals surface area contributed by atoms with Crippen molar-refractivity contribution in [1.29, 1.82) is 0 Å². The van der Waals surface area contributed by atoms with E-state index in [0.717, 1.165) is 0 Å². The largest absolute Gasteiger partial charge is 0.486 e. The van der Waals surface area contributed by atoms with Gasteiger partial charge in [0.15, 0.2) is 28.9 Å². The van der Waals surface area contributed by atoms with Crippen LogP contribution in [0.25, 0.3) is 10.9 Å². The average molecular weight is 360 g/mol. The molecule has 9 heteroatoms. The van der Waals surface area contributed by atoms with Crippen molar-refractivity contribution >= 4 is 16.6 Å². The van der Waals surface area contributed by atoms with E-state index in [2.05, 4.69) is 4.98 Å². The van der Waals surface area contributed by atoms with Gasteiger partial charge in [-0.1, -0.05) is 0 Å². The van der Waals surface area contributed by atoms with Gasteiger partial charge < -0.3 is 14.2 Å². The lowest BCUT2D eigenvalue weighted by Crippen LogP contribution is -2.15. The van der Waals surface area contributed by atoms with E-state index < -0.39 is 28.0 Å². The van der Waals surface area contributed by atoms with Crippen molar-refractivity contribution in [2.45, 2.75) is 0 Å². The Morgan fingerprint density at radius 2 is 1.85 bits per heavy atom. The predicted octanol–water partition coefficient (Wildman–Crippen LogP) is 3.98. The van der Waals surface area contributed by atoms with E-state index in [1.807, 2.05) is 0 Å². The highest BCUT2D eigenvalue weighted by Gasteiger charge is 2.23. The van der Waals surface area contributed by atoms with Crippen LogP contribution in [0.4, 0.5) is 14.5 Å². The van der Waals surface area contributed by atoms with E-state index in [1.54, 1.807) is 12.1 Å². The fraction of sp³-hybridized carbons (Fsp3) is 0.118. The minimum absolute atomic E-state index is 0.0870. The molecule has 7 nitrogen and oxygen atoms in total. The maximum atomic E-state index is 14.2. The number of aromatic nitrogens is 1. The SMILES string of the molecule is O=[N+]([O-])c1cc(F)c(Oc2ccnc3ccc4c(c23)OCCO4)c(F)c1. The molecule has 0 amide bonds. The van der Waals surface area contributed by atoms with Gasteiger partial charge >= 0.3 is 0 Å². The van der Waals surface area contributed by atoms with Crippen LogP contribution in [0.3, 0.4) is 0 Å². The molecule has 0 saturated heterocycles. The minimum Gasteiger partial charge on any atom is -0.486 e. The molecule has 2 aromatic carbocycles. The summed E-state index contributed by atoms with van der Waals surface area (Å²) in [7, 11) is 0. The van der Waals surface area contributed by atoms with Crippen molar-refractivity contribution in [2.75, 3.05) is 13.2 Å². The maximum absolute atomic E-state index is 14.2. The van der Waals surface area contributed by atoms with E-state index in [0.29, 0.717) is 47.7 Å². The summed E-state index contributed by atoms with van der Waals surface area (Å²) < 4.78 is 44.8. The first-order valence-electron chi connectivity index (χ1n) is 7.53. The molecule has 0 bridgehead atoms. The van der Waals surface area contributed by atoms with Gasteiger partial charge in [0.2, 0.25) is 0 Å². The van der Waals surface area contributed by atoms with Crippen LogP contribution in [0.2, 0.25) is 0 Å². The Morgan fingerprint density at radius 3 is 2.58 bits per heavy atom. The van der Waals surface area contributed by atoms with Crippen molar-refractivity contribution in [1.82, 2.24) is 4.98 Å². The maximum Gasteiger partial charge on any atom is 0.275 e. The van der Waals surface area contributed by atoms with Crippen LogP contribution < -0.4 is 14.2 Å². The third kappa shape index (κ3) is 2.63. The summed E-state index contributed by atoms with van der Waals surface area (Å²) in [5.41, 5.74) is -0.226. The number of nitro groups is 1. The Morgan fingerprint density at radius 1 is 1.12 bits per heavy atom. The topological polar surface area (TPSA) is 83.7 Å². The van der Waals surface area contributed by atoms with Crippen molar-refractivity contribution in [2.24, 2.45) is 0 Å². The Balaban J connectivity index is 1.85. The number of nitrogens with zero attached hydrogens (tertiary/aromatic N) is 2. The van der Waals surface area contributed by atoms with Crippen molar-refractivity contribution in [3.05, 3.63) is 58.3 Å². The van der Waals surface area contributed by atoms with Crippen LogP contribution in [0, 0.1) is 21.7 Å². The third-order valence-electron chi connectivity index (χ3n) is 3.78. The van der Waals surface area contributed by atoms with Gasteiger partial charge in [-0.15, -0.1) is 0 Å². The van der Waals surface area contributed by atoms with Gasteiger partial charge in [0.05, 0.1) is 28.0 Å². The highest BCUT2D eigenvalue weighted by molar-refractivity contribution is 5.93. The molecule has 1 aliphatic heterocycles. The van der Waals surface area contributed by atoms with Crippen LogP contribution in [-0.2, 0) is 0 Å². The number of hydrogen-bond donors (Lipinski definition) is 0. The van der Waals surface area contributed by atoms with E-state index in [-0.39, 0.29) is 5.75 Å². The van der Waals surface area contributed by atoms with E-state index in [4.69, 9.17) is 14.2 Å². The lowest BCUT2D eigenvalue weighted by atomic mass is 10.1. The number of halogens is 2. The van der Waals surface area contributed by atoms with E-state index >= 15 is 0 Å². The Labute approximate surface area is 144 Å². The summed E-state index contributed by atoms with van der Waals surface area (Å²) in [6.45, 7) is 0.682. The van der Waals surface area contributed by atoms with Crippen LogP contribution in [0.5, 0.6) is 23.0 Å². The van der Waals surface area contributed by atoms with Crippen molar-refractivity contribution in [3.63, 3.8) is 0 Å². The number of pyridine rings is 1. The molecule has 0 atom stereocenters. The first-order valence-corrected chi connectivity index (χ1v) is 7.53. The first kappa shape index (κ1) is 16.0. The molecule has 1 aromatic heterocycles. The third-order valence-corrected chi connectivity index (χ3v) is 3.78. The molecule has 3 aromatic rings. The van der Waals surface area contributed by atoms with Crippen molar-refractivity contribution < 1.29 is 27.9 Å². The standard InChI is InChI=1S/C17H10F2N2O5/c18-10-7-9(21(22)23)8-11(19)16(10)26-13-3-4-20-12-1-2-14-17(15(12)13)25-6-5-24-14/h1-4,7-8H,5-6H2. The summed E-state index contributed by atoms with van der Waals surface area (Å²) in [6.07, 6.45) is 1.41. The molecular formula is C17H10F2N2O5. The Bertz CT molecular complexity index is 1020. The Hall–Kier alpha value is -3.49. The highest BCUT2D eigenvalue weighted by Crippen LogP contribution is 2.43. The molecule has 2 heterocycles. The highest BCUT2D eigenvalue weighted by atomic mass is 19.1. The quantitative estimate of drug-likeness (QED) is 0.519. The van der Waals surface area contributed by atoms with Crippen molar-refractivity contribution in [3.8, 4) is 23.0 Å². The second kappa shape index (κ2) is 6.10. The predicted molar refractivity (Wildman–Crippen MR) is 85.8 cm³/mol. The number of nitro benzene ring substituents is 1. The number of fused-ring (bicyclic) bond motifs is 3. The zero-order chi connectivity index (χ0) is 18.3. The molecule has 0 radical (unpaired) electrons. The second-order valence-corrected chi connectivity index (χ2v) is 5.39. The van der Waals surface area contributed by atoms with E-state index in [9.17, 15) is 18.9 Å². The molecule has 1 aliphatic rings. The number of benzene rings is 2. The molecular weight excluding hydrogens is 350 g/mol. The molecule has 0 saturated carbocycles. The number of non-ortho nitro benzene ring substituents is 1. The zero-order valence-electron chi connectivity index (χ0n) is 13.1. The first-order chi connectivity index (χ1) is 12.5. The molecule has 0 spiro atoms. The van der Waals surface area contributed by atoms with Gasteiger partial charge in [0.25, 0.3) is 5.69 Å². The minimum atomic E-state index is -1.19. The van der Waals surface area contributed by atoms with Gasteiger partial charge in [-0.05, 0) is 18.2 Å². The van der Waals surface area contributed by atoms with Gasteiger partial charge in [0, 0.05) is 6.20 Å². The molecule has 0 aliphatic carbocycles. The molecule has 0 N–H and O–H groups in total. The van der Waals surface area contributed by atoms with Crippen LogP contribution in [0.1, 0.15) is 0 Å². The molecule has 26 heavy (non-hydrogen) atoms. The van der Waals surface area contributed by atoms with Gasteiger partial charge in [-0.25, -0.2) is 8.78 Å². The Kier molecular flexibility index (Phi) is 3.76.